The molecule has 4 heteroatoms. The molecule has 26 heavy (non-hydrogen) atoms. The van der Waals surface area contributed by atoms with Gasteiger partial charge in [0.1, 0.15) is 0 Å². The summed E-state index contributed by atoms with van der Waals surface area (Å²) in [4.78, 5) is 13.3. The fraction of sp³-hybridized carbons (Fsp3) is 0.227. The first-order valence-corrected chi connectivity index (χ1v) is 9.78. The molecule has 2 N–H and O–H groups in total. The van der Waals surface area contributed by atoms with E-state index < -0.39 is 0 Å². The van der Waals surface area contributed by atoms with E-state index in [9.17, 15) is 4.79 Å². The van der Waals surface area contributed by atoms with Gasteiger partial charge in [0.2, 0.25) is 5.91 Å². The lowest BCUT2D eigenvalue weighted by Gasteiger charge is -2.15. The van der Waals surface area contributed by atoms with Gasteiger partial charge in [-0.25, -0.2) is 0 Å². The van der Waals surface area contributed by atoms with Gasteiger partial charge in [-0.15, -0.1) is 11.3 Å². The zero-order valence-electron chi connectivity index (χ0n) is 14.9. The summed E-state index contributed by atoms with van der Waals surface area (Å²) in [6, 6.07) is 23.1. The fourth-order valence-electron chi connectivity index (χ4n) is 2.80. The van der Waals surface area contributed by atoms with Crippen molar-refractivity contribution in [2.45, 2.75) is 19.4 Å². The van der Waals surface area contributed by atoms with E-state index in [-0.39, 0.29) is 11.9 Å². The number of thiophene rings is 1. The van der Waals surface area contributed by atoms with E-state index in [1.165, 1.54) is 21.6 Å². The van der Waals surface area contributed by atoms with Gasteiger partial charge in [0, 0.05) is 17.5 Å². The highest BCUT2D eigenvalue weighted by molar-refractivity contribution is 7.09. The molecule has 0 aliphatic rings. The van der Waals surface area contributed by atoms with Crippen LogP contribution in [0.1, 0.15) is 23.4 Å². The zero-order valence-corrected chi connectivity index (χ0v) is 15.8. The molecule has 3 rings (SSSR count). The van der Waals surface area contributed by atoms with E-state index in [1.807, 2.05) is 24.3 Å². The Bertz CT molecular complexity index is 798. The number of nitrogens with one attached hydrogen (secondary N) is 2. The highest BCUT2D eigenvalue weighted by Crippen LogP contribution is 2.21. The van der Waals surface area contributed by atoms with E-state index in [4.69, 9.17) is 0 Å². The molecular formula is C22H24N2OS. The van der Waals surface area contributed by atoms with Crippen LogP contribution in [0.15, 0.2) is 72.1 Å². The summed E-state index contributed by atoms with van der Waals surface area (Å²) in [5.41, 5.74) is 3.59. The molecule has 2 aromatic carbocycles. The molecule has 0 aliphatic carbocycles. The molecule has 0 unspecified atom stereocenters. The smallest absolute Gasteiger partial charge is 0.233 e. The summed E-state index contributed by atoms with van der Waals surface area (Å²) in [5.74, 6) is 0.0364. The molecule has 3 aromatic rings. The van der Waals surface area contributed by atoms with E-state index in [0.717, 1.165) is 6.42 Å². The van der Waals surface area contributed by atoms with Crippen molar-refractivity contribution < 1.29 is 4.79 Å². The van der Waals surface area contributed by atoms with Crippen LogP contribution in [0.25, 0.3) is 11.1 Å². The highest BCUT2D eigenvalue weighted by Gasteiger charge is 2.08. The van der Waals surface area contributed by atoms with Gasteiger partial charge in [0.15, 0.2) is 0 Å². The van der Waals surface area contributed by atoms with E-state index in [1.54, 1.807) is 11.3 Å². The lowest BCUT2D eigenvalue weighted by Crippen LogP contribution is -2.35. The summed E-state index contributed by atoms with van der Waals surface area (Å²) in [5, 5.41) is 8.31. The number of hydrogen-bond acceptors (Lipinski definition) is 3. The van der Waals surface area contributed by atoms with Crippen LogP contribution >= 0.6 is 11.3 Å². The number of rotatable bonds is 8. The quantitative estimate of drug-likeness (QED) is 0.621. The van der Waals surface area contributed by atoms with E-state index in [0.29, 0.717) is 13.1 Å². The maximum absolute atomic E-state index is 12.0. The summed E-state index contributed by atoms with van der Waals surface area (Å²) in [7, 11) is 0. The van der Waals surface area contributed by atoms with Gasteiger partial charge in [0.05, 0.1) is 6.54 Å². The van der Waals surface area contributed by atoms with Crippen LogP contribution < -0.4 is 10.6 Å². The van der Waals surface area contributed by atoms with Gasteiger partial charge in [0.25, 0.3) is 0 Å². The second-order valence-electron chi connectivity index (χ2n) is 6.27. The van der Waals surface area contributed by atoms with Crippen molar-refractivity contribution in [2.75, 3.05) is 13.1 Å². The zero-order chi connectivity index (χ0) is 18.2. The maximum atomic E-state index is 12.0. The predicted molar refractivity (Wildman–Crippen MR) is 109 cm³/mol. The van der Waals surface area contributed by atoms with Crippen LogP contribution in [-0.4, -0.2) is 19.0 Å². The van der Waals surface area contributed by atoms with Crippen LogP contribution in [0.2, 0.25) is 0 Å². The molecular weight excluding hydrogens is 340 g/mol. The molecule has 3 nitrogen and oxygen atoms in total. The minimum absolute atomic E-state index is 0.0364. The van der Waals surface area contributed by atoms with Crippen molar-refractivity contribution in [2.24, 2.45) is 0 Å². The lowest BCUT2D eigenvalue weighted by atomic mass is 10.0. The molecule has 1 heterocycles. The SMILES string of the molecule is C[C@@H](NCC(=O)NCCc1cccs1)c1ccc(-c2ccccc2)cc1. The Labute approximate surface area is 159 Å². The Morgan fingerprint density at radius 1 is 0.962 bits per heavy atom. The topological polar surface area (TPSA) is 41.1 Å². The average molecular weight is 365 g/mol. The lowest BCUT2D eigenvalue weighted by molar-refractivity contribution is -0.120. The molecule has 0 saturated carbocycles. The number of carbonyl (C=O) groups is 1. The standard InChI is InChI=1S/C22H24N2OS/c1-17(24-16-22(25)23-14-13-21-8-5-15-26-21)18-9-11-20(12-10-18)19-6-3-2-4-7-19/h2-12,15,17,24H,13-14,16H2,1H3,(H,23,25)/t17-/m1/s1. The molecule has 0 fully saturated rings. The second kappa shape index (κ2) is 9.32. The third-order valence-electron chi connectivity index (χ3n) is 4.36. The molecule has 0 aliphatic heterocycles. The number of carbonyl (C=O) groups excluding carboxylic acids is 1. The van der Waals surface area contributed by atoms with Gasteiger partial charge >= 0.3 is 0 Å². The summed E-state index contributed by atoms with van der Waals surface area (Å²) >= 11 is 1.72. The van der Waals surface area contributed by atoms with Crippen molar-refractivity contribution in [3.8, 4) is 11.1 Å². The Morgan fingerprint density at radius 2 is 1.69 bits per heavy atom. The summed E-state index contributed by atoms with van der Waals surface area (Å²) < 4.78 is 0. The minimum atomic E-state index is 0.0364. The van der Waals surface area contributed by atoms with Gasteiger partial charge < -0.3 is 10.6 Å². The van der Waals surface area contributed by atoms with Gasteiger partial charge in [-0.1, -0.05) is 60.7 Å². The van der Waals surface area contributed by atoms with Crippen molar-refractivity contribution >= 4 is 17.2 Å². The number of benzene rings is 2. The minimum Gasteiger partial charge on any atom is -0.355 e. The third kappa shape index (κ3) is 5.28. The molecule has 134 valence electrons. The molecule has 0 saturated heterocycles. The Kier molecular flexibility index (Phi) is 6.58. The predicted octanol–water partition coefficient (Wildman–Crippen LogP) is 4.42. The van der Waals surface area contributed by atoms with E-state index >= 15 is 0 Å². The summed E-state index contributed by atoms with van der Waals surface area (Å²) in [6.45, 7) is 3.09. The van der Waals surface area contributed by atoms with Crippen LogP contribution in [0, 0.1) is 0 Å². The Morgan fingerprint density at radius 3 is 2.38 bits per heavy atom. The van der Waals surface area contributed by atoms with Gasteiger partial charge in [-0.2, -0.15) is 0 Å². The van der Waals surface area contributed by atoms with Crippen LogP contribution in [-0.2, 0) is 11.2 Å². The maximum Gasteiger partial charge on any atom is 0.233 e. The molecule has 0 bridgehead atoms. The number of hydrogen-bond donors (Lipinski definition) is 2. The molecule has 1 atom stereocenters. The Hall–Kier alpha value is -2.43. The average Bonchev–Trinajstić information content (AvgIpc) is 3.20. The van der Waals surface area contributed by atoms with Crippen LogP contribution in [0.5, 0.6) is 0 Å². The van der Waals surface area contributed by atoms with Crippen molar-refractivity contribution in [3.63, 3.8) is 0 Å². The molecule has 0 radical (unpaired) electrons. The third-order valence-corrected chi connectivity index (χ3v) is 5.30. The molecule has 1 aromatic heterocycles. The first kappa shape index (κ1) is 18.4. The van der Waals surface area contributed by atoms with Crippen molar-refractivity contribution in [1.29, 1.82) is 0 Å². The largest absolute Gasteiger partial charge is 0.355 e. The monoisotopic (exact) mass is 364 g/mol. The van der Waals surface area contributed by atoms with Gasteiger partial charge in [-0.3, -0.25) is 4.79 Å². The fourth-order valence-corrected chi connectivity index (χ4v) is 3.51. The first-order valence-electron chi connectivity index (χ1n) is 8.90. The highest BCUT2D eigenvalue weighted by atomic mass is 32.1. The molecule has 0 spiro atoms. The van der Waals surface area contributed by atoms with Crippen LogP contribution in [0.3, 0.4) is 0 Å². The van der Waals surface area contributed by atoms with Crippen LogP contribution in [0.4, 0.5) is 0 Å². The summed E-state index contributed by atoms with van der Waals surface area (Å²) in [6.07, 6.45) is 0.889. The van der Waals surface area contributed by atoms with Crippen molar-refractivity contribution in [3.05, 3.63) is 82.6 Å². The van der Waals surface area contributed by atoms with E-state index in [2.05, 4.69) is 65.4 Å². The Balaban J connectivity index is 1.44. The van der Waals surface area contributed by atoms with Gasteiger partial charge in [-0.05, 0) is 41.5 Å². The normalized spacial score (nSPS) is 11.9. The van der Waals surface area contributed by atoms with Crippen molar-refractivity contribution in [1.82, 2.24) is 10.6 Å². The second-order valence-corrected chi connectivity index (χ2v) is 7.30. The molecule has 1 amide bonds. The number of amides is 1. The first-order chi connectivity index (χ1) is 12.7.